The zero-order valence-electron chi connectivity index (χ0n) is 16.4. The monoisotopic (exact) mass is 462 g/mol. The molecule has 4 nitrogen and oxygen atoms in total. The van der Waals surface area contributed by atoms with Gasteiger partial charge in [0.05, 0.1) is 5.56 Å². The summed E-state index contributed by atoms with van der Waals surface area (Å²) in [6, 6.07) is 3.82. The number of ether oxygens (including phenoxy) is 1. The molecule has 2 fully saturated rings. The maximum atomic E-state index is 12.8. The quantitative estimate of drug-likeness (QED) is 0.597. The molecule has 2 saturated heterocycles. The number of carbonyl (C=O) groups is 1. The van der Waals surface area contributed by atoms with Gasteiger partial charge in [0.1, 0.15) is 5.60 Å². The fourth-order valence-corrected chi connectivity index (χ4v) is 4.42. The Balaban J connectivity index is 1.50. The Morgan fingerprint density at radius 3 is 2.29 bits per heavy atom. The zero-order chi connectivity index (χ0) is 20.7. The van der Waals surface area contributed by atoms with Crippen LogP contribution >= 0.6 is 15.9 Å². The molecule has 8 heteroatoms. The van der Waals surface area contributed by atoms with E-state index in [2.05, 4.69) is 20.8 Å². The third kappa shape index (κ3) is 5.00. The minimum Gasteiger partial charge on any atom is -0.444 e. The maximum absolute atomic E-state index is 12.8. The highest BCUT2D eigenvalue weighted by Crippen LogP contribution is 2.42. The van der Waals surface area contributed by atoms with Crippen LogP contribution in [-0.4, -0.2) is 47.7 Å². The van der Waals surface area contributed by atoms with E-state index in [1.54, 1.807) is 11.0 Å². The van der Waals surface area contributed by atoms with Crippen molar-refractivity contribution in [2.45, 2.75) is 51.9 Å². The van der Waals surface area contributed by atoms with Crippen molar-refractivity contribution < 1.29 is 22.7 Å². The highest BCUT2D eigenvalue weighted by molar-refractivity contribution is 9.10. The van der Waals surface area contributed by atoms with E-state index in [0.717, 1.165) is 43.6 Å². The van der Waals surface area contributed by atoms with E-state index in [1.807, 2.05) is 20.8 Å². The van der Waals surface area contributed by atoms with E-state index < -0.39 is 17.3 Å². The number of amides is 1. The Morgan fingerprint density at radius 1 is 1.18 bits per heavy atom. The molecule has 1 aromatic carbocycles. The van der Waals surface area contributed by atoms with Gasteiger partial charge in [0.15, 0.2) is 0 Å². The SMILES string of the molecule is CC(C)(C)OC(=O)N1CCC2(CC1)CN(Cc1ccc(C(F)(F)F)cc1Br)C2. The van der Waals surface area contributed by atoms with E-state index in [-0.39, 0.29) is 11.5 Å². The minimum absolute atomic E-state index is 0.205. The van der Waals surface area contributed by atoms with Gasteiger partial charge in [-0.25, -0.2) is 4.79 Å². The van der Waals surface area contributed by atoms with Crippen molar-refractivity contribution >= 4 is 22.0 Å². The molecule has 156 valence electrons. The number of piperidine rings is 1. The maximum Gasteiger partial charge on any atom is 0.416 e. The first kappa shape index (κ1) is 21.4. The van der Waals surface area contributed by atoms with Gasteiger partial charge in [0.2, 0.25) is 0 Å². The fourth-order valence-electron chi connectivity index (χ4n) is 3.91. The Hall–Kier alpha value is -1.28. The van der Waals surface area contributed by atoms with Gasteiger partial charge in [-0.1, -0.05) is 22.0 Å². The van der Waals surface area contributed by atoms with E-state index in [9.17, 15) is 18.0 Å². The summed E-state index contributed by atoms with van der Waals surface area (Å²) in [5.41, 5.74) is -0.0717. The van der Waals surface area contributed by atoms with Gasteiger partial charge in [-0.3, -0.25) is 4.90 Å². The molecule has 0 atom stereocenters. The first-order valence-corrected chi connectivity index (χ1v) is 10.2. The number of hydrogen-bond acceptors (Lipinski definition) is 3. The molecule has 3 rings (SSSR count). The van der Waals surface area contributed by atoms with Crippen molar-refractivity contribution in [1.29, 1.82) is 0 Å². The molecule has 2 aliphatic heterocycles. The number of halogens is 4. The molecule has 0 saturated carbocycles. The van der Waals surface area contributed by atoms with Gasteiger partial charge in [-0.2, -0.15) is 13.2 Å². The number of hydrogen-bond donors (Lipinski definition) is 0. The van der Waals surface area contributed by atoms with E-state index in [4.69, 9.17) is 4.74 Å². The van der Waals surface area contributed by atoms with Gasteiger partial charge in [0.25, 0.3) is 0 Å². The van der Waals surface area contributed by atoms with Crippen LogP contribution in [0.5, 0.6) is 0 Å². The molecule has 0 unspecified atom stereocenters. The first-order valence-electron chi connectivity index (χ1n) is 9.43. The summed E-state index contributed by atoms with van der Waals surface area (Å²) >= 11 is 3.27. The number of rotatable bonds is 2. The summed E-state index contributed by atoms with van der Waals surface area (Å²) in [6.45, 7) is 9.39. The van der Waals surface area contributed by atoms with Gasteiger partial charge < -0.3 is 9.64 Å². The molecule has 2 aliphatic rings. The van der Waals surface area contributed by atoms with Gasteiger partial charge in [0, 0.05) is 37.2 Å². The van der Waals surface area contributed by atoms with Crippen LogP contribution in [0.1, 0.15) is 44.7 Å². The molecule has 1 amide bonds. The summed E-state index contributed by atoms with van der Waals surface area (Å²) in [5.74, 6) is 0. The third-order valence-corrected chi connectivity index (χ3v) is 6.11. The lowest BCUT2D eigenvalue weighted by Gasteiger charge is -2.54. The number of benzene rings is 1. The summed E-state index contributed by atoms with van der Waals surface area (Å²) in [4.78, 5) is 16.2. The second-order valence-corrected chi connectivity index (χ2v) is 9.77. The van der Waals surface area contributed by atoms with Crippen LogP contribution in [0.25, 0.3) is 0 Å². The smallest absolute Gasteiger partial charge is 0.416 e. The fraction of sp³-hybridized carbons (Fsp3) is 0.650. The van der Waals surface area contributed by atoms with Gasteiger partial charge >= 0.3 is 12.3 Å². The third-order valence-electron chi connectivity index (χ3n) is 5.37. The van der Waals surface area contributed by atoms with Crippen molar-refractivity contribution in [3.8, 4) is 0 Å². The Labute approximate surface area is 172 Å². The largest absolute Gasteiger partial charge is 0.444 e. The normalized spacial score (nSPS) is 20.2. The lowest BCUT2D eigenvalue weighted by atomic mass is 9.72. The number of carbonyl (C=O) groups excluding carboxylic acids is 1. The van der Waals surface area contributed by atoms with Crippen LogP contribution < -0.4 is 0 Å². The summed E-state index contributed by atoms with van der Waals surface area (Å²) in [6.07, 6.45) is -2.73. The molecule has 0 aromatic heterocycles. The average Bonchev–Trinajstić information content (AvgIpc) is 2.53. The van der Waals surface area contributed by atoms with Gasteiger partial charge in [-0.05, 0) is 56.7 Å². The Bertz CT molecular complexity index is 730. The van der Waals surface area contributed by atoms with Crippen LogP contribution in [0.15, 0.2) is 22.7 Å². The lowest BCUT2D eigenvalue weighted by Crippen LogP contribution is -2.60. The molecule has 1 aromatic rings. The Kier molecular flexibility index (Phi) is 5.75. The summed E-state index contributed by atoms with van der Waals surface area (Å²) in [7, 11) is 0. The van der Waals surface area contributed by atoms with Crippen LogP contribution in [-0.2, 0) is 17.5 Å². The molecular formula is C20H26BrF3N2O2. The summed E-state index contributed by atoms with van der Waals surface area (Å²) < 4.78 is 44.3. The van der Waals surface area contributed by atoms with E-state index in [1.165, 1.54) is 0 Å². The lowest BCUT2D eigenvalue weighted by molar-refractivity contribution is -0.137. The van der Waals surface area contributed by atoms with Crippen LogP contribution in [0, 0.1) is 5.41 Å². The molecule has 0 N–H and O–H groups in total. The Morgan fingerprint density at radius 2 is 1.79 bits per heavy atom. The van der Waals surface area contributed by atoms with Crippen LogP contribution in [0.2, 0.25) is 0 Å². The predicted octanol–water partition coefficient (Wildman–Crippen LogP) is 5.30. The minimum atomic E-state index is -4.33. The van der Waals surface area contributed by atoms with Crippen molar-refractivity contribution in [3.05, 3.63) is 33.8 Å². The number of likely N-dealkylation sites (tertiary alicyclic amines) is 2. The van der Waals surface area contributed by atoms with E-state index >= 15 is 0 Å². The standard InChI is InChI=1S/C20H26BrF3N2O2/c1-18(2,3)28-17(27)26-8-6-19(7-9-26)12-25(13-19)11-14-4-5-15(10-16(14)21)20(22,23)24/h4-5,10H,6-9,11-13H2,1-3H3. The average molecular weight is 463 g/mol. The molecule has 2 heterocycles. The second kappa shape index (κ2) is 7.52. The molecule has 1 spiro atoms. The predicted molar refractivity (Wildman–Crippen MR) is 104 cm³/mol. The topological polar surface area (TPSA) is 32.8 Å². The van der Waals surface area contributed by atoms with Crippen molar-refractivity contribution in [2.24, 2.45) is 5.41 Å². The molecule has 28 heavy (non-hydrogen) atoms. The van der Waals surface area contributed by atoms with E-state index in [0.29, 0.717) is 24.1 Å². The van der Waals surface area contributed by atoms with Crippen molar-refractivity contribution in [2.75, 3.05) is 26.2 Å². The zero-order valence-corrected chi connectivity index (χ0v) is 18.0. The first-order chi connectivity index (χ1) is 12.9. The molecule has 0 bridgehead atoms. The summed E-state index contributed by atoms with van der Waals surface area (Å²) in [5, 5.41) is 0. The molecule has 0 aliphatic carbocycles. The van der Waals surface area contributed by atoms with Crippen molar-refractivity contribution in [3.63, 3.8) is 0 Å². The van der Waals surface area contributed by atoms with Crippen molar-refractivity contribution in [1.82, 2.24) is 9.80 Å². The van der Waals surface area contributed by atoms with Gasteiger partial charge in [-0.15, -0.1) is 0 Å². The number of nitrogens with zero attached hydrogens (tertiary/aromatic N) is 2. The highest BCUT2D eigenvalue weighted by Gasteiger charge is 2.45. The molecular weight excluding hydrogens is 437 g/mol. The molecule has 0 radical (unpaired) electrons. The van der Waals surface area contributed by atoms with Crippen LogP contribution in [0.4, 0.5) is 18.0 Å². The highest BCUT2D eigenvalue weighted by atomic mass is 79.9. The van der Waals surface area contributed by atoms with Crippen LogP contribution in [0.3, 0.4) is 0 Å². The second-order valence-electron chi connectivity index (χ2n) is 8.92. The number of alkyl halides is 3.